The molecular weight excluding hydrogens is 162 g/mol. The minimum Gasteiger partial charge on any atom is -0.389 e. The molecule has 0 fully saturated rings. The van der Waals surface area contributed by atoms with Gasteiger partial charge in [-0.3, -0.25) is 4.79 Å². The van der Waals surface area contributed by atoms with E-state index in [0.717, 1.165) is 11.3 Å². The predicted molar refractivity (Wildman–Crippen MR) is 44.2 cm³/mol. The van der Waals surface area contributed by atoms with Crippen molar-refractivity contribution in [2.24, 2.45) is 5.73 Å². The molecule has 1 amide bonds. The van der Waals surface area contributed by atoms with Crippen LogP contribution in [0.5, 0.6) is 0 Å². The lowest BCUT2D eigenvalue weighted by atomic mass is 10.2. The summed E-state index contributed by atoms with van der Waals surface area (Å²) in [5, 5.41) is 0.585. The fourth-order valence-electron chi connectivity index (χ4n) is 0.795. The van der Waals surface area contributed by atoms with Gasteiger partial charge in [0.1, 0.15) is 5.00 Å². The molecule has 0 radical (unpaired) electrons. The third kappa shape index (κ3) is 1.68. The highest BCUT2D eigenvalue weighted by atomic mass is 32.1. The smallest absolute Gasteiger partial charge is 0.222 e. The molecule has 4 N–H and O–H groups in total. The number of amides is 1. The Labute approximate surface area is 68.4 Å². The van der Waals surface area contributed by atoms with E-state index in [4.69, 9.17) is 11.5 Å². The first-order valence-electron chi connectivity index (χ1n) is 3.10. The van der Waals surface area contributed by atoms with Gasteiger partial charge in [0.15, 0.2) is 0 Å². The van der Waals surface area contributed by atoms with E-state index in [0.29, 0.717) is 5.00 Å². The summed E-state index contributed by atoms with van der Waals surface area (Å²) < 4.78 is 3.98. The van der Waals surface area contributed by atoms with Crippen LogP contribution in [0.2, 0.25) is 0 Å². The molecule has 0 aliphatic carbocycles. The Morgan fingerprint density at radius 2 is 2.36 bits per heavy atom. The summed E-state index contributed by atoms with van der Waals surface area (Å²) in [6.07, 6.45) is 0.189. The van der Waals surface area contributed by atoms with E-state index < -0.39 is 0 Å². The lowest BCUT2D eigenvalue weighted by Crippen LogP contribution is -2.14. The van der Waals surface area contributed by atoms with Crippen molar-refractivity contribution in [3.63, 3.8) is 0 Å². The Morgan fingerprint density at radius 3 is 2.73 bits per heavy atom. The maximum Gasteiger partial charge on any atom is 0.222 e. The van der Waals surface area contributed by atoms with Crippen LogP contribution in [-0.2, 0) is 11.2 Å². The zero-order valence-corrected chi connectivity index (χ0v) is 6.94. The first kappa shape index (κ1) is 8.00. The van der Waals surface area contributed by atoms with Crippen molar-refractivity contribution in [1.82, 2.24) is 4.37 Å². The minimum atomic E-state index is -0.375. The SMILES string of the molecule is Cc1nsc(N)c1CC(N)=O. The van der Waals surface area contributed by atoms with E-state index in [9.17, 15) is 4.79 Å². The largest absolute Gasteiger partial charge is 0.389 e. The standard InChI is InChI=1S/C6H9N3OS/c1-3-4(2-5(7)10)6(8)11-9-3/h2,8H2,1H3,(H2,7,10). The number of hydrogen-bond acceptors (Lipinski definition) is 4. The lowest BCUT2D eigenvalue weighted by molar-refractivity contribution is -0.117. The Balaban J connectivity index is 2.92. The first-order chi connectivity index (χ1) is 5.11. The van der Waals surface area contributed by atoms with Crippen LogP contribution in [0, 0.1) is 6.92 Å². The second kappa shape index (κ2) is 2.87. The number of carbonyl (C=O) groups excluding carboxylic acids is 1. The van der Waals surface area contributed by atoms with E-state index in [1.54, 1.807) is 0 Å². The highest BCUT2D eigenvalue weighted by Crippen LogP contribution is 2.20. The van der Waals surface area contributed by atoms with Crippen LogP contribution in [-0.4, -0.2) is 10.3 Å². The number of nitrogens with zero attached hydrogens (tertiary/aromatic N) is 1. The van der Waals surface area contributed by atoms with Gasteiger partial charge >= 0.3 is 0 Å². The molecule has 0 unspecified atom stereocenters. The predicted octanol–water partition coefficient (Wildman–Crippen LogP) is 0.0615. The van der Waals surface area contributed by atoms with Gasteiger partial charge in [0.2, 0.25) is 5.91 Å². The van der Waals surface area contributed by atoms with Crippen molar-refractivity contribution in [3.05, 3.63) is 11.3 Å². The van der Waals surface area contributed by atoms with Crippen molar-refractivity contribution in [1.29, 1.82) is 0 Å². The third-order valence-electron chi connectivity index (χ3n) is 1.37. The molecular formula is C6H9N3OS. The van der Waals surface area contributed by atoms with Gasteiger partial charge in [-0.15, -0.1) is 0 Å². The van der Waals surface area contributed by atoms with Gasteiger partial charge < -0.3 is 11.5 Å². The van der Waals surface area contributed by atoms with Crippen molar-refractivity contribution < 1.29 is 4.79 Å². The summed E-state index contributed by atoms with van der Waals surface area (Å²) in [7, 11) is 0. The molecule has 0 aliphatic rings. The van der Waals surface area contributed by atoms with Crippen LogP contribution in [0.25, 0.3) is 0 Å². The summed E-state index contributed by atoms with van der Waals surface area (Å²) in [5.74, 6) is -0.375. The fourth-order valence-corrected chi connectivity index (χ4v) is 1.47. The van der Waals surface area contributed by atoms with Gasteiger partial charge in [0.25, 0.3) is 0 Å². The molecule has 60 valence electrons. The Morgan fingerprint density at radius 1 is 1.73 bits per heavy atom. The van der Waals surface area contributed by atoms with Gasteiger partial charge in [-0.25, -0.2) is 0 Å². The summed E-state index contributed by atoms with van der Waals surface area (Å²) in [4.78, 5) is 10.5. The average molecular weight is 171 g/mol. The second-order valence-corrected chi connectivity index (χ2v) is 3.06. The molecule has 0 aliphatic heterocycles. The highest BCUT2D eigenvalue weighted by molar-refractivity contribution is 7.10. The molecule has 0 atom stereocenters. The van der Waals surface area contributed by atoms with E-state index in [1.165, 1.54) is 11.5 Å². The average Bonchev–Trinajstić information content (AvgIpc) is 2.18. The molecule has 4 nitrogen and oxygen atoms in total. The van der Waals surface area contributed by atoms with Gasteiger partial charge in [0, 0.05) is 5.56 Å². The van der Waals surface area contributed by atoms with Gasteiger partial charge in [-0.1, -0.05) is 0 Å². The van der Waals surface area contributed by atoms with Gasteiger partial charge in [-0.2, -0.15) is 4.37 Å². The van der Waals surface area contributed by atoms with Crippen LogP contribution in [0.1, 0.15) is 11.3 Å². The minimum absolute atomic E-state index is 0.189. The molecule has 0 saturated heterocycles. The molecule has 1 aromatic rings. The zero-order chi connectivity index (χ0) is 8.43. The number of hydrogen-bond donors (Lipinski definition) is 2. The van der Waals surface area contributed by atoms with E-state index in [1.807, 2.05) is 6.92 Å². The van der Waals surface area contributed by atoms with Crippen LogP contribution in [0.4, 0.5) is 5.00 Å². The molecule has 0 saturated carbocycles. The maximum atomic E-state index is 10.5. The van der Waals surface area contributed by atoms with E-state index in [-0.39, 0.29) is 12.3 Å². The molecule has 1 rings (SSSR count). The molecule has 1 aromatic heterocycles. The number of nitrogens with two attached hydrogens (primary N) is 2. The number of aryl methyl sites for hydroxylation is 1. The van der Waals surface area contributed by atoms with Crippen LogP contribution < -0.4 is 11.5 Å². The van der Waals surface area contributed by atoms with E-state index >= 15 is 0 Å². The van der Waals surface area contributed by atoms with E-state index in [2.05, 4.69) is 4.37 Å². The maximum absolute atomic E-state index is 10.5. The van der Waals surface area contributed by atoms with Crippen LogP contribution in [0.3, 0.4) is 0 Å². The molecule has 0 aromatic carbocycles. The van der Waals surface area contributed by atoms with Crippen LogP contribution in [0.15, 0.2) is 0 Å². The van der Waals surface area contributed by atoms with Gasteiger partial charge in [0.05, 0.1) is 12.1 Å². The Hall–Kier alpha value is -1.10. The molecule has 0 bridgehead atoms. The summed E-state index contributed by atoms with van der Waals surface area (Å²) in [5.41, 5.74) is 12.1. The first-order valence-corrected chi connectivity index (χ1v) is 3.87. The quantitative estimate of drug-likeness (QED) is 0.660. The highest BCUT2D eigenvalue weighted by Gasteiger charge is 2.09. The number of aromatic nitrogens is 1. The second-order valence-electron chi connectivity index (χ2n) is 2.25. The molecule has 11 heavy (non-hydrogen) atoms. The number of carbonyl (C=O) groups is 1. The fraction of sp³-hybridized carbons (Fsp3) is 0.333. The summed E-state index contributed by atoms with van der Waals surface area (Å²) in [6.45, 7) is 1.81. The van der Waals surface area contributed by atoms with Gasteiger partial charge in [-0.05, 0) is 18.5 Å². The lowest BCUT2D eigenvalue weighted by Gasteiger charge is -1.94. The molecule has 0 spiro atoms. The zero-order valence-electron chi connectivity index (χ0n) is 6.13. The van der Waals surface area contributed by atoms with Crippen molar-refractivity contribution in [2.75, 3.05) is 5.73 Å². The van der Waals surface area contributed by atoms with Crippen molar-refractivity contribution >= 4 is 22.4 Å². The molecule has 1 heterocycles. The monoisotopic (exact) mass is 171 g/mol. The molecule has 5 heteroatoms. The number of nitrogen functional groups attached to an aromatic ring is 1. The number of primary amides is 1. The Kier molecular flexibility index (Phi) is 2.09. The van der Waals surface area contributed by atoms with Crippen molar-refractivity contribution in [3.8, 4) is 0 Å². The number of anilines is 1. The summed E-state index contributed by atoms with van der Waals surface area (Å²) >= 11 is 1.19. The Bertz CT molecular complexity index is 262. The normalized spacial score (nSPS) is 9.91. The topological polar surface area (TPSA) is 82.0 Å². The summed E-state index contributed by atoms with van der Waals surface area (Å²) in [6, 6.07) is 0. The van der Waals surface area contributed by atoms with Crippen molar-refractivity contribution in [2.45, 2.75) is 13.3 Å². The third-order valence-corrected chi connectivity index (χ3v) is 2.17. The number of rotatable bonds is 2. The van der Waals surface area contributed by atoms with Crippen LogP contribution >= 0.6 is 11.5 Å².